The molecule has 0 atom stereocenters. The molecule has 2 N–H and O–H groups in total. The molecule has 1 fully saturated rings. The fraction of sp³-hybridized carbons (Fsp3) is 0.500. The predicted molar refractivity (Wildman–Crippen MR) is 74.9 cm³/mol. The van der Waals surface area contributed by atoms with Crippen LogP contribution in [0, 0.1) is 6.92 Å². The van der Waals surface area contributed by atoms with Crippen molar-refractivity contribution in [3.05, 3.63) is 29.7 Å². The number of piperazine rings is 1. The molecule has 0 aliphatic carbocycles. The van der Waals surface area contributed by atoms with E-state index in [1.54, 1.807) is 0 Å². The van der Waals surface area contributed by atoms with Gasteiger partial charge in [-0.05, 0) is 17.7 Å². The molecular formula is C14H20N4O. The number of aryl methyl sites for hydroxylation is 1. The molecule has 5 heteroatoms. The van der Waals surface area contributed by atoms with Crippen LogP contribution >= 0.6 is 0 Å². The van der Waals surface area contributed by atoms with Crippen molar-refractivity contribution < 1.29 is 4.42 Å². The van der Waals surface area contributed by atoms with Crippen LogP contribution in [0.2, 0.25) is 0 Å². The number of hydrogen-bond donors (Lipinski definition) is 2. The maximum absolute atomic E-state index is 5.48. The first-order valence-electron chi connectivity index (χ1n) is 6.81. The van der Waals surface area contributed by atoms with Gasteiger partial charge >= 0.3 is 0 Å². The van der Waals surface area contributed by atoms with Crippen molar-refractivity contribution in [3.8, 4) is 0 Å². The van der Waals surface area contributed by atoms with Gasteiger partial charge in [-0.25, -0.2) is 4.98 Å². The lowest BCUT2D eigenvalue weighted by molar-refractivity contribution is 0.223. The van der Waals surface area contributed by atoms with E-state index in [-0.39, 0.29) is 0 Å². The molecular weight excluding hydrogens is 240 g/mol. The van der Waals surface area contributed by atoms with E-state index in [4.69, 9.17) is 4.42 Å². The molecule has 1 aliphatic heterocycles. The van der Waals surface area contributed by atoms with E-state index >= 15 is 0 Å². The third-order valence-electron chi connectivity index (χ3n) is 3.43. The minimum Gasteiger partial charge on any atom is -0.441 e. The number of hydrogen-bond acceptors (Lipinski definition) is 5. The molecule has 102 valence electrons. The van der Waals surface area contributed by atoms with E-state index < -0.39 is 0 Å². The summed E-state index contributed by atoms with van der Waals surface area (Å²) in [6, 6.07) is 6.19. The van der Waals surface area contributed by atoms with Gasteiger partial charge in [-0.1, -0.05) is 6.07 Å². The average molecular weight is 260 g/mol. The van der Waals surface area contributed by atoms with Crippen molar-refractivity contribution in [1.29, 1.82) is 0 Å². The first-order chi connectivity index (χ1) is 9.31. The van der Waals surface area contributed by atoms with Crippen LogP contribution in [0.1, 0.15) is 11.5 Å². The summed E-state index contributed by atoms with van der Waals surface area (Å²) in [5.74, 6) is 0.723. The highest BCUT2D eigenvalue weighted by molar-refractivity contribution is 5.73. The van der Waals surface area contributed by atoms with Crippen LogP contribution in [0.15, 0.2) is 22.6 Å². The summed E-state index contributed by atoms with van der Waals surface area (Å²) in [4.78, 5) is 6.78. The van der Waals surface area contributed by atoms with Crippen molar-refractivity contribution in [2.24, 2.45) is 0 Å². The van der Waals surface area contributed by atoms with Crippen LogP contribution in [-0.2, 0) is 6.54 Å². The summed E-state index contributed by atoms with van der Waals surface area (Å²) in [7, 11) is 0. The van der Waals surface area contributed by atoms with Crippen molar-refractivity contribution in [3.63, 3.8) is 0 Å². The molecule has 1 aliphatic rings. The zero-order chi connectivity index (χ0) is 13.1. The smallest absolute Gasteiger partial charge is 0.192 e. The van der Waals surface area contributed by atoms with Gasteiger partial charge in [0.15, 0.2) is 11.5 Å². The van der Waals surface area contributed by atoms with Crippen molar-refractivity contribution in [2.75, 3.05) is 32.8 Å². The SMILES string of the molecule is Cc1nc2cc(CNCN3CCNCC3)ccc2o1. The van der Waals surface area contributed by atoms with Gasteiger partial charge < -0.3 is 15.1 Å². The summed E-state index contributed by atoms with van der Waals surface area (Å²) >= 11 is 0. The molecule has 0 bridgehead atoms. The molecule has 0 amide bonds. The molecule has 0 saturated carbocycles. The number of nitrogens with one attached hydrogen (secondary N) is 2. The molecule has 2 aromatic rings. The highest BCUT2D eigenvalue weighted by Gasteiger charge is 2.08. The van der Waals surface area contributed by atoms with Gasteiger partial charge in [0, 0.05) is 46.3 Å². The molecule has 1 aromatic carbocycles. The van der Waals surface area contributed by atoms with E-state index in [9.17, 15) is 0 Å². The number of fused-ring (bicyclic) bond motifs is 1. The molecule has 0 unspecified atom stereocenters. The van der Waals surface area contributed by atoms with Crippen molar-refractivity contribution in [2.45, 2.75) is 13.5 Å². The van der Waals surface area contributed by atoms with Crippen LogP contribution < -0.4 is 10.6 Å². The molecule has 2 heterocycles. The van der Waals surface area contributed by atoms with Crippen LogP contribution in [-0.4, -0.2) is 42.7 Å². The van der Waals surface area contributed by atoms with Crippen LogP contribution in [0.3, 0.4) is 0 Å². The van der Waals surface area contributed by atoms with E-state index in [0.29, 0.717) is 0 Å². The Morgan fingerprint density at radius 3 is 3.05 bits per heavy atom. The molecule has 5 nitrogen and oxygen atoms in total. The Bertz CT molecular complexity index is 545. The maximum Gasteiger partial charge on any atom is 0.192 e. The van der Waals surface area contributed by atoms with Crippen LogP contribution in [0.25, 0.3) is 11.1 Å². The fourth-order valence-electron chi connectivity index (χ4n) is 2.43. The minimum atomic E-state index is 0.723. The largest absolute Gasteiger partial charge is 0.441 e. The van der Waals surface area contributed by atoms with Gasteiger partial charge in [0.05, 0.1) is 0 Å². The van der Waals surface area contributed by atoms with Gasteiger partial charge in [0.25, 0.3) is 0 Å². The van der Waals surface area contributed by atoms with Crippen LogP contribution in [0.4, 0.5) is 0 Å². The molecule has 1 saturated heterocycles. The Morgan fingerprint density at radius 1 is 1.37 bits per heavy atom. The number of rotatable bonds is 4. The Kier molecular flexibility index (Phi) is 3.77. The summed E-state index contributed by atoms with van der Waals surface area (Å²) < 4.78 is 5.48. The third kappa shape index (κ3) is 3.12. The average Bonchev–Trinajstić information content (AvgIpc) is 2.79. The van der Waals surface area contributed by atoms with E-state index in [1.165, 1.54) is 5.56 Å². The highest BCUT2D eigenvalue weighted by atomic mass is 16.3. The third-order valence-corrected chi connectivity index (χ3v) is 3.43. The number of aromatic nitrogens is 1. The number of nitrogens with zero attached hydrogens (tertiary/aromatic N) is 2. The van der Waals surface area contributed by atoms with E-state index in [1.807, 2.05) is 13.0 Å². The maximum atomic E-state index is 5.48. The minimum absolute atomic E-state index is 0.723. The number of benzene rings is 1. The quantitative estimate of drug-likeness (QED) is 0.862. The molecule has 19 heavy (non-hydrogen) atoms. The standard InChI is InChI=1S/C14H20N4O/c1-11-17-13-8-12(2-3-14(13)19-11)9-16-10-18-6-4-15-5-7-18/h2-3,8,15-16H,4-7,9-10H2,1H3. The van der Waals surface area contributed by atoms with Gasteiger partial charge in [-0.2, -0.15) is 0 Å². The van der Waals surface area contributed by atoms with Crippen molar-refractivity contribution >= 4 is 11.1 Å². The summed E-state index contributed by atoms with van der Waals surface area (Å²) in [6.45, 7) is 8.10. The first-order valence-corrected chi connectivity index (χ1v) is 6.81. The Hall–Kier alpha value is -1.43. The Balaban J connectivity index is 1.55. The van der Waals surface area contributed by atoms with Gasteiger partial charge in [0.2, 0.25) is 0 Å². The van der Waals surface area contributed by atoms with E-state index in [0.717, 1.165) is 56.4 Å². The predicted octanol–water partition coefficient (Wildman–Crippen LogP) is 1.09. The molecule has 0 spiro atoms. The van der Waals surface area contributed by atoms with Crippen molar-refractivity contribution in [1.82, 2.24) is 20.5 Å². The fourth-order valence-corrected chi connectivity index (χ4v) is 2.43. The topological polar surface area (TPSA) is 53.3 Å². The highest BCUT2D eigenvalue weighted by Crippen LogP contribution is 2.16. The van der Waals surface area contributed by atoms with Gasteiger partial charge in [0.1, 0.15) is 5.52 Å². The summed E-state index contributed by atoms with van der Waals surface area (Å²) in [5, 5.41) is 6.84. The second kappa shape index (κ2) is 5.69. The zero-order valence-electron chi connectivity index (χ0n) is 11.3. The van der Waals surface area contributed by atoms with Crippen LogP contribution in [0.5, 0.6) is 0 Å². The normalized spacial score (nSPS) is 17.1. The summed E-state index contributed by atoms with van der Waals surface area (Å²) in [5.41, 5.74) is 3.05. The number of oxazole rings is 1. The lowest BCUT2D eigenvalue weighted by atomic mass is 10.2. The molecule has 1 aromatic heterocycles. The van der Waals surface area contributed by atoms with E-state index in [2.05, 4.69) is 32.7 Å². The lowest BCUT2D eigenvalue weighted by Crippen LogP contribution is -2.46. The Morgan fingerprint density at radius 2 is 2.21 bits per heavy atom. The monoisotopic (exact) mass is 260 g/mol. The molecule has 0 radical (unpaired) electrons. The first kappa shape index (κ1) is 12.6. The van der Waals surface area contributed by atoms with Gasteiger partial charge in [-0.15, -0.1) is 0 Å². The second-order valence-corrected chi connectivity index (χ2v) is 4.99. The lowest BCUT2D eigenvalue weighted by Gasteiger charge is -2.27. The Labute approximate surface area is 113 Å². The second-order valence-electron chi connectivity index (χ2n) is 4.99. The summed E-state index contributed by atoms with van der Waals surface area (Å²) in [6.07, 6.45) is 0. The molecule has 3 rings (SSSR count). The van der Waals surface area contributed by atoms with Gasteiger partial charge in [-0.3, -0.25) is 4.90 Å². The zero-order valence-corrected chi connectivity index (χ0v) is 11.3.